The van der Waals surface area contributed by atoms with Crippen LogP contribution in [0.5, 0.6) is 0 Å². The van der Waals surface area contributed by atoms with Crippen molar-refractivity contribution in [2.45, 2.75) is 39.7 Å². The van der Waals surface area contributed by atoms with Crippen LogP contribution in [0.3, 0.4) is 0 Å². The lowest BCUT2D eigenvalue weighted by Gasteiger charge is -2.29. The van der Waals surface area contributed by atoms with E-state index in [0.717, 1.165) is 45.8 Å². The van der Waals surface area contributed by atoms with Gasteiger partial charge in [0.15, 0.2) is 0 Å². The third-order valence-electron chi connectivity index (χ3n) is 3.92. The zero-order valence-electron chi connectivity index (χ0n) is 12.8. The Hall–Kier alpha value is -1.75. The fourth-order valence-corrected chi connectivity index (χ4v) is 3.09. The molecule has 0 unspecified atom stereocenters. The van der Waals surface area contributed by atoms with Gasteiger partial charge in [-0.1, -0.05) is 35.0 Å². The molecule has 0 aliphatic carbocycles. The Morgan fingerprint density at radius 3 is 2.59 bits per heavy atom. The molecule has 0 radical (unpaired) electrons. The number of anilines is 1. The Morgan fingerprint density at radius 1 is 1.18 bits per heavy atom. The number of carbonyl (C=O) groups excluding carboxylic acids is 1. The maximum Gasteiger partial charge on any atom is 0.228 e. The van der Waals surface area contributed by atoms with Gasteiger partial charge in [0.25, 0.3) is 0 Å². The molecule has 0 atom stereocenters. The van der Waals surface area contributed by atoms with Crippen LogP contribution in [0.2, 0.25) is 0 Å². The third-order valence-corrected chi connectivity index (χ3v) is 4.45. The van der Waals surface area contributed by atoms with E-state index in [9.17, 15) is 4.79 Å². The minimum Gasteiger partial charge on any atom is -0.292 e. The predicted octanol–water partition coefficient (Wildman–Crippen LogP) is 3.59. The van der Waals surface area contributed by atoms with Crippen LogP contribution in [0.25, 0.3) is 0 Å². The fourth-order valence-electron chi connectivity index (χ4n) is 2.83. The molecule has 1 amide bonds. The molecule has 2 heterocycles. The Kier molecular flexibility index (Phi) is 4.25. The Morgan fingerprint density at radius 2 is 1.91 bits per heavy atom. The Balaban J connectivity index is 2.00. The highest BCUT2D eigenvalue weighted by atomic mass is 79.9. The molecule has 0 spiro atoms. The molecule has 1 aliphatic rings. The number of amides is 1. The van der Waals surface area contributed by atoms with E-state index in [1.54, 1.807) is 4.90 Å². The highest BCUT2D eigenvalue weighted by Gasteiger charge is 2.28. The Labute approximate surface area is 138 Å². The molecule has 0 saturated carbocycles. The highest BCUT2D eigenvalue weighted by molar-refractivity contribution is 9.10. The lowest BCUT2D eigenvalue weighted by molar-refractivity contribution is -0.119. The maximum absolute atomic E-state index is 12.4. The van der Waals surface area contributed by atoms with Crippen LogP contribution < -0.4 is 4.90 Å². The van der Waals surface area contributed by atoms with Gasteiger partial charge in [0.2, 0.25) is 5.91 Å². The number of rotatable bonds is 3. The summed E-state index contributed by atoms with van der Waals surface area (Å²) in [7, 11) is 0. The van der Waals surface area contributed by atoms with Crippen LogP contribution in [-0.4, -0.2) is 15.9 Å². The molecule has 0 N–H and O–H groups in total. The average Bonchev–Trinajstić information content (AvgIpc) is 2.51. The van der Waals surface area contributed by atoms with Gasteiger partial charge in [-0.3, -0.25) is 9.69 Å². The van der Waals surface area contributed by atoms with E-state index in [4.69, 9.17) is 0 Å². The maximum atomic E-state index is 12.4. The topological polar surface area (TPSA) is 46.1 Å². The summed E-state index contributed by atoms with van der Waals surface area (Å²) in [5, 5.41) is 0. The van der Waals surface area contributed by atoms with Gasteiger partial charge in [0.05, 0.1) is 6.54 Å². The molecule has 5 heteroatoms. The van der Waals surface area contributed by atoms with Gasteiger partial charge in [-0.15, -0.1) is 0 Å². The van der Waals surface area contributed by atoms with Crippen LogP contribution >= 0.6 is 15.9 Å². The lowest BCUT2D eigenvalue weighted by Crippen LogP contribution is -2.36. The number of nitrogens with zero attached hydrogens (tertiary/aromatic N) is 3. The van der Waals surface area contributed by atoms with Gasteiger partial charge < -0.3 is 0 Å². The van der Waals surface area contributed by atoms with Crippen LogP contribution in [-0.2, 0) is 24.2 Å². The van der Waals surface area contributed by atoms with E-state index < -0.39 is 0 Å². The molecule has 2 aromatic rings. The van der Waals surface area contributed by atoms with Crippen molar-refractivity contribution in [3.05, 3.63) is 51.4 Å². The van der Waals surface area contributed by atoms with E-state index in [0.29, 0.717) is 13.0 Å². The molecule has 3 rings (SSSR count). The molecule has 4 nitrogen and oxygen atoms in total. The van der Waals surface area contributed by atoms with Crippen molar-refractivity contribution >= 4 is 27.7 Å². The standard InChI is InChI=1S/C17H18BrN3O/c1-3-15-14-8-9-16(22)21(17(14)20-11(2)19-15)10-12-4-6-13(18)7-5-12/h4-7H,3,8-10H2,1-2H3. The summed E-state index contributed by atoms with van der Waals surface area (Å²) in [6.07, 6.45) is 2.14. The molecule has 22 heavy (non-hydrogen) atoms. The summed E-state index contributed by atoms with van der Waals surface area (Å²) in [5.41, 5.74) is 3.29. The monoisotopic (exact) mass is 359 g/mol. The van der Waals surface area contributed by atoms with Crippen molar-refractivity contribution in [1.82, 2.24) is 9.97 Å². The second-order valence-electron chi connectivity index (χ2n) is 5.48. The zero-order valence-corrected chi connectivity index (χ0v) is 14.4. The summed E-state index contributed by atoms with van der Waals surface area (Å²) in [4.78, 5) is 23.3. The van der Waals surface area contributed by atoms with E-state index in [1.807, 2.05) is 31.2 Å². The fraction of sp³-hybridized carbons (Fsp3) is 0.353. The number of hydrogen-bond donors (Lipinski definition) is 0. The third kappa shape index (κ3) is 2.90. The van der Waals surface area contributed by atoms with Crippen molar-refractivity contribution in [1.29, 1.82) is 0 Å². The first-order valence-corrected chi connectivity index (χ1v) is 8.29. The van der Waals surface area contributed by atoms with Crippen molar-refractivity contribution in [2.24, 2.45) is 0 Å². The van der Waals surface area contributed by atoms with Gasteiger partial charge in [0, 0.05) is 22.2 Å². The van der Waals surface area contributed by atoms with Crippen molar-refractivity contribution in [2.75, 3.05) is 4.90 Å². The van der Waals surface area contributed by atoms with E-state index in [2.05, 4.69) is 32.8 Å². The molecule has 0 saturated heterocycles. The first kappa shape index (κ1) is 15.2. The van der Waals surface area contributed by atoms with Crippen molar-refractivity contribution in [3.63, 3.8) is 0 Å². The van der Waals surface area contributed by atoms with E-state index in [1.165, 1.54) is 0 Å². The normalized spacial score (nSPS) is 14.1. The van der Waals surface area contributed by atoms with Crippen molar-refractivity contribution < 1.29 is 4.79 Å². The zero-order chi connectivity index (χ0) is 15.7. The number of benzene rings is 1. The summed E-state index contributed by atoms with van der Waals surface area (Å²) < 4.78 is 1.04. The smallest absolute Gasteiger partial charge is 0.228 e. The number of aryl methyl sites for hydroxylation is 2. The predicted molar refractivity (Wildman–Crippen MR) is 89.8 cm³/mol. The van der Waals surface area contributed by atoms with Crippen LogP contribution in [0.1, 0.15) is 36.0 Å². The van der Waals surface area contributed by atoms with Gasteiger partial charge in [-0.05, 0) is 37.5 Å². The van der Waals surface area contributed by atoms with Gasteiger partial charge >= 0.3 is 0 Å². The molecule has 114 valence electrons. The lowest BCUT2D eigenvalue weighted by atomic mass is 10.0. The second kappa shape index (κ2) is 6.16. The first-order valence-electron chi connectivity index (χ1n) is 7.49. The number of fused-ring (bicyclic) bond motifs is 1. The highest BCUT2D eigenvalue weighted by Crippen LogP contribution is 2.29. The Bertz CT molecular complexity index is 713. The minimum atomic E-state index is 0.135. The van der Waals surface area contributed by atoms with Gasteiger partial charge in [-0.2, -0.15) is 0 Å². The molecule has 1 aromatic carbocycles. The summed E-state index contributed by atoms with van der Waals surface area (Å²) >= 11 is 3.44. The minimum absolute atomic E-state index is 0.135. The summed E-state index contributed by atoms with van der Waals surface area (Å²) in [6.45, 7) is 4.53. The molecule has 1 aliphatic heterocycles. The van der Waals surface area contributed by atoms with Crippen LogP contribution in [0.4, 0.5) is 5.82 Å². The van der Waals surface area contributed by atoms with Crippen molar-refractivity contribution in [3.8, 4) is 0 Å². The van der Waals surface area contributed by atoms with Gasteiger partial charge in [0.1, 0.15) is 11.6 Å². The van der Waals surface area contributed by atoms with Crippen LogP contribution in [0, 0.1) is 6.92 Å². The number of aromatic nitrogens is 2. The molecular weight excluding hydrogens is 342 g/mol. The molecular formula is C17H18BrN3O. The quantitative estimate of drug-likeness (QED) is 0.841. The first-order chi connectivity index (χ1) is 10.6. The summed E-state index contributed by atoms with van der Waals surface area (Å²) in [5.74, 6) is 1.66. The molecule has 1 aromatic heterocycles. The number of halogens is 1. The van der Waals surface area contributed by atoms with E-state index in [-0.39, 0.29) is 5.91 Å². The molecule has 0 fully saturated rings. The summed E-state index contributed by atoms with van der Waals surface area (Å²) in [6, 6.07) is 8.04. The van der Waals surface area contributed by atoms with Gasteiger partial charge in [-0.25, -0.2) is 9.97 Å². The average molecular weight is 360 g/mol. The second-order valence-corrected chi connectivity index (χ2v) is 6.40. The SMILES string of the molecule is CCc1nc(C)nc2c1CCC(=O)N2Cc1ccc(Br)cc1. The largest absolute Gasteiger partial charge is 0.292 e. The van der Waals surface area contributed by atoms with E-state index >= 15 is 0 Å². The number of carbonyl (C=O) groups is 1. The van der Waals surface area contributed by atoms with Crippen LogP contribution in [0.15, 0.2) is 28.7 Å². The molecule has 0 bridgehead atoms. The number of hydrogen-bond acceptors (Lipinski definition) is 3.